The highest BCUT2D eigenvalue weighted by Crippen LogP contribution is 2.28. The van der Waals surface area contributed by atoms with Crippen molar-refractivity contribution in [2.24, 2.45) is 5.41 Å². The van der Waals surface area contributed by atoms with Crippen molar-refractivity contribution < 1.29 is 23.8 Å². The zero-order chi connectivity index (χ0) is 28.1. The van der Waals surface area contributed by atoms with Crippen LogP contribution in [0.1, 0.15) is 76.1 Å². The van der Waals surface area contributed by atoms with Crippen molar-refractivity contribution in [3.8, 4) is 34.4 Å². The largest absolute Gasteiger partial charge is 0.494 e. The van der Waals surface area contributed by atoms with Crippen molar-refractivity contribution in [3.63, 3.8) is 0 Å². The van der Waals surface area contributed by atoms with Gasteiger partial charge >= 0.3 is 11.9 Å². The first kappa shape index (κ1) is 29.4. The lowest BCUT2D eigenvalue weighted by atomic mass is 9.87. The van der Waals surface area contributed by atoms with Crippen molar-refractivity contribution in [2.75, 3.05) is 6.61 Å². The molecule has 3 rings (SSSR count). The molecule has 0 fully saturated rings. The van der Waals surface area contributed by atoms with E-state index in [9.17, 15) is 14.9 Å². The second kappa shape index (κ2) is 14.7. The molecule has 0 N–H and O–H groups in total. The smallest absolute Gasteiger partial charge is 0.343 e. The lowest BCUT2D eigenvalue weighted by Gasteiger charge is -2.18. The normalized spacial score (nSPS) is 12.2. The summed E-state index contributed by atoms with van der Waals surface area (Å²) in [4.78, 5) is 25.0. The second-order valence-corrected chi connectivity index (χ2v) is 9.81. The predicted octanol–water partition coefficient (Wildman–Crippen LogP) is 8.16. The van der Waals surface area contributed by atoms with Crippen LogP contribution in [0.25, 0.3) is 11.1 Å². The Balaban J connectivity index is 1.52. The second-order valence-electron chi connectivity index (χ2n) is 9.81. The molecule has 0 spiro atoms. The summed E-state index contributed by atoms with van der Waals surface area (Å²) in [7, 11) is 0. The number of benzene rings is 3. The minimum Gasteiger partial charge on any atom is -0.494 e. The summed E-state index contributed by atoms with van der Waals surface area (Å²) >= 11 is 0. The highest BCUT2D eigenvalue weighted by atomic mass is 16.5. The number of carbonyl (C=O) groups excluding carboxylic acids is 2. The Morgan fingerprint density at radius 1 is 0.718 bits per heavy atom. The van der Waals surface area contributed by atoms with E-state index >= 15 is 0 Å². The summed E-state index contributed by atoms with van der Waals surface area (Å²) in [5, 5.41) is 9.38. The molecule has 0 aliphatic rings. The van der Waals surface area contributed by atoms with Crippen LogP contribution in [-0.4, -0.2) is 18.5 Å². The number of nitrogens with zero attached hydrogens (tertiary/aromatic N) is 1. The summed E-state index contributed by atoms with van der Waals surface area (Å²) in [6, 6.07) is 23.3. The van der Waals surface area contributed by atoms with Crippen LogP contribution in [0.3, 0.4) is 0 Å². The molecule has 0 aliphatic carbocycles. The van der Waals surface area contributed by atoms with Crippen LogP contribution in [0.2, 0.25) is 0 Å². The van der Waals surface area contributed by atoms with E-state index in [-0.39, 0.29) is 0 Å². The van der Waals surface area contributed by atoms with Gasteiger partial charge in [-0.1, -0.05) is 70.2 Å². The first-order valence-corrected chi connectivity index (χ1v) is 13.7. The molecular weight excluding hydrogens is 490 g/mol. The lowest BCUT2D eigenvalue weighted by Crippen LogP contribution is -2.30. The van der Waals surface area contributed by atoms with Gasteiger partial charge in [-0.25, -0.2) is 9.59 Å². The van der Waals surface area contributed by atoms with Crippen LogP contribution in [0.5, 0.6) is 17.2 Å². The quantitative estimate of drug-likeness (QED) is 0.119. The third kappa shape index (κ3) is 8.71. The van der Waals surface area contributed by atoms with Gasteiger partial charge in [-0.3, -0.25) is 0 Å². The first-order chi connectivity index (χ1) is 18.9. The molecule has 6 heteroatoms. The number of ether oxygens (including phenoxy) is 3. The van der Waals surface area contributed by atoms with E-state index in [2.05, 4.69) is 13.0 Å². The standard InChI is InChI=1S/C33H37NO5/c1-4-6-7-8-9-23-37-28-16-14-27(15-17-28)31(35)38-29-18-10-25(11-19-29)26-12-20-30(21-13-26)39-32(36)33(3,24-34)22-5-2/h10-21H,4-9,22-23H2,1-3H3. The van der Waals surface area contributed by atoms with Gasteiger partial charge < -0.3 is 14.2 Å². The molecule has 6 nitrogen and oxygen atoms in total. The maximum atomic E-state index is 12.6. The molecule has 0 saturated heterocycles. The van der Waals surface area contributed by atoms with Crippen molar-refractivity contribution in [1.29, 1.82) is 5.26 Å². The fraction of sp³-hybridized carbons (Fsp3) is 0.364. The average molecular weight is 528 g/mol. The van der Waals surface area contributed by atoms with Gasteiger partial charge in [0.2, 0.25) is 0 Å². The first-order valence-electron chi connectivity index (χ1n) is 13.7. The van der Waals surface area contributed by atoms with Gasteiger partial charge in [0.05, 0.1) is 18.2 Å². The Hall–Kier alpha value is -4.11. The zero-order valence-electron chi connectivity index (χ0n) is 23.1. The van der Waals surface area contributed by atoms with E-state index in [0.29, 0.717) is 36.5 Å². The average Bonchev–Trinajstić information content (AvgIpc) is 2.96. The minimum absolute atomic E-state index is 0.385. The van der Waals surface area contributed by atoms with Crippen molar-refractivity contribution in [2.45, 2.75) is 65.7 Å². The van der Waals surface area contributed by atoms with Crippen LogP contribution in [0.4, 0.5) is 0 Å². The molecule has 0 radical (unpaired) electrons. The van der Waals surface area contributed by atoms with Gasteiger partial charge in [0.1, 0.15) is 17.2 Å². The van der Waals surface area contributed by atoms with E-state index in [1.165, 1.54) is 25.7 Å². The Labute approximate surface area is 231 Å². The molecule has 0 aliphatic heterocycles. The Morgan fingerprint density at radius 3 is 1.79 bits per heavy atom. The summed E-state index contributed by atoms with van der Waals surface area (Å²) < 4.78 is 16.7. The molecule has 0 saturated carbocycles. The number of nitriles is 1. The molecule has 1 unspecified atom stereocenters. The fourth-order valence-electron chi connectivity index (χ4n) is 4.10. The van der Waals surface area contributed by atoms with Crippen LogP contribution in [-0.2, 0) is 4.79 Å². The monoisotopic (exact) mass is 527 g/mol. The molecule has 204 valence electrons. The lowest BCUT2D eigenvalue weighted by molar-refractivity contribution is -0.142. The summed E-state index contributed by atoms with van der Waals surface area (Å²) in [5.74, 6) is 0.578. The predicted molar refractivity (Wildman–Crippen MR) is 152 cm³/mol. The summed E-state index contributed by atoms with van der Waals surface area (Å²) in [6.45, 7) is 6.40. The highest BCUT2D eigenvalue weighted by molar-refractivity contribution is 5.91. The van der Waals surface area contributed by atoms with Crippen molar-refractivity contribution >= 4 is 11.9 Å². The zero-order valence-corrected chi connectivity index (χ0v) is 23.1. The molecule has 0 amide bonds. The van der Waals surface area contributed by atoms with E-state index in [1.54, 1.807) is 55.5 Å². The number of hydrogen-bond acceptors (Lipinski definition) is 6. The summed E-state index contributed by atoms with van der Waals surface area (Å²) in [5.41, 5.74) is 1.11. The maximum absolute atomic E-state index is 12.6. The van der Waals surface area contributed by atoms with Crippen LogP contribution in [0.15, 0.2) is 72.8 Å². The van der Waals surface area contributed by atoms with E-state index in [4.69, 9.17) is 14.2 Å². The van der Waals surface area contributed by atoms with Gasteiger partial charge in [0.15, 0.2) is 5.41 Å². The van der Waals surface area contributed by atoms with Gasteiger partial charge in [0.25, 0.3) is 0 Å². The molecule has 1 atom stereocenters. The van der Waals surface area contributed by atoms with Crippen LogP contribution >= 0.6 is 0 Å². The van der Waals surface area contributed by atoms with Crippen LogP contribution < -0.4 is 14.2 Å². The number of rotatable bonds is 14. The summed E-state index contributed by atoms with van der Waals surface area (Å²) in [6.07, 6.45) is 7.06. The highest BCUT2D eigenvalue weighted by Gasteiger charge is 2.34. The SMILES string of the molecule is CCCCCCCOc1ccc(C(=O)Oc2ccc(-c3ccc(OC(=O)C(C)(C#N)CCC)cc3)cc2)cc1. The number of carbonyl (C=O) groups is 2. The number of hydrogen-bond donors (Lipinski definition) is 0. The van der Waals surface area contributed by atoms with Gasteiger partial charge in [-0.15, -0.1) is 0 Å². The van der Waals surface area contributed by atoms with Crippen LogP contribution in [0, 0.1) is 16.7 Å². The topological polar surface area (TPSA) is 85.6 Å². The third-order valence-electron chi connectivity index (χ3n) is 6.52. The van der Waals surface area contributed by atoms with E-state index in [0.717, 1.165) is 23.3 Å². The van der Waals surface area contributed by atoms with Crippen molar-refractivity contribution in [3.05, 3.63) is 78.4 Å². The maximum Gasteiger partial charge on any atom is 0.343 e. The van der Waals surface area contributed by atoms with Gasteiger partial charge in [-0.05, 0) is 79.4 Å². The van der Waals surface area contributed by atoms with Crippen molar-refractivity contribution in [1.82, 2.24) is 0 Å². The number of unbranched alkanes of at least 4 members (excludes halogenated alkanes) is 4. The van der Waals surface area contributed by atoms with Gasteiger partial charge in [-0.2, -0.15) is 5.26 Å². The van der Waals surface area contributed by atoms with E-state index < -0.39 is 17.4 Å². The molecular formula is C33H37NO5. The Kier molecular flexibility index (Phi) is 11.1. The Morgan fingerprint density at radius 2 is 1.26 bits per heavy atom. The van der Waals surface area contributed by atoms with E-state index in [1.807, 2.05) is 31.2 Å². The molecule has 0 bridgehead atoms. The molecule has 39 heavy (non-hydrogen) atoms. The van der Waals surface area contributed by atoms with Gasteiger partial charge in [0, 0.05) is 0 Å². The Bertz CT molecular complexity index is 1240. The minimum atomic E-state index is -1.16. The molecule has 0 aromatic heterocycles. The third-order valence-corrected chi connectivity index (χ3v) is 6.52. The molecule has 0 heterocycles. The fourth-order valence-corrected chi connectivity index (χ4v) is 4.10. The number of esters is 2. The molecule has 3 aromatic carbocycles. The molecule has 3 aromatic rings.